The van der Waals surface area contributed by atoms with Crippen molar-refractivity contribution < 1.29 is 19.4 Å². The molecule has 0 aliphatic carbocycles. The molecule has 0 bridgehead atoms. The van der Waals surface area contributed by atoms with Gasteiger partial charge >= 0.3 is 5.97 Å². The van der Waals surface area contributed by atoms with Crippen molar-refractivity contribution in [1.29, 1.82) is 0 Å². The molecule has 0 fully saturated rings. The van der Waals surface area contributed by atoms with Gasteiger partial charge in [-0.1, -0.05) is 0 Å². The van der Waals surface area contributed by atoms with Crippen LogP contribution in [0.15, 0.2) is 21.7 Å². The normalized spacial score (nSPS) is 11.8. The molecule has 0 saturated carbocycles. The number of aliphatic carboxylic acids is 1. The van der Waals surface area contributed by atoms with Crippen LogP contribution in [0.2, 0.25) is 0 Å². The highest BCUT2D eigenvalue weighted by Gasteiger charge is 2.19. The maximum absolute atomic E-state index is 11.6. The molecule has 1 amide bonds. The van der Waals surface area contributed by atoms with E-state index in [-0.39, 0.29) is 6.61 Å². The Labute approximate surface area is 106 Å². The van der Waals surface area contributed by atoms with Crippen LogP contribution in [-0.4, -0.2) is 46.5 Å². The molecule has 0 aliphatic rings. The van der Waals surface area contributed by atoms with Gasteiger partial charge in [-0.3, -0.25) is 19.5 Å². The average Bonchev–Trinajstić information content (AvgIpc) is 2.33. The van der Waals surface area contributed by atoms with Crippen molar-refractivity contribution in [3.8, 4) is 0 Å². The van der Waals surface area contributed by atoms with Crippen LogP contribution < -0.4 is 16.4 Å². The lowest BCUT2D eigenvalue weighted by molar-refractivity contribution is -0.143. The smallest absolute Gasteiger partial charge is 0.328 e. The van der Waals surface area contributed by atoms with Crippen LogP contribution in [0, 0.1) is 0 Å². The minimum atomic E-state index is -1.26. The standard InChI is InChI=1S/C10H13N3O6/c1-19-5-6(10(17)18)11-8(15)4-13-9(16)3-2-7(14)12-13/h2-3,6H,4-5H2,1H3,(H,11,15)(H,12,14)(H,17,18). The third kappa shape index (κ3) is 4.39. The molecule has 0 aliphatic heterocycles. The first-order valence-electron chi connectivity index (χ1n) is 5.25. The lowest BCUT2D eigenvalue weighted by Gasteiger charge is -2.13. The quantitative estimate of drug-likeness (QED) is 0.536. The summed E-state index contributed by atoms with van der Waals surface area (Å²) in [7, 11) is 1.29. The molecule has 1 heterocycles. The van der Waals surface area contributed by atoms with Crippen molar-refractivity contribution in [3.05, 3.63) is 32.8 Å². The number of carboxylic acid groups (broad SMARTS) is 1. The van der Waals surface area contributed by atoms with Gasteiger partial charge in [-0.05, 0) is 0 Å². The lowest BCUT2D eigenvalue weighted by atomic mass is 10.3. The third-order valence-electron chi connectivity index (χ3n) is 2.16. The molecule has 0 spiro atoms. The van der Waals surface area contributed by atoms with Gasteiger partial charge in [0.15, 0.2) is 6.04 Å². The van der Waals surface area contributed by atoms with E-state index in [1.54, 1.807) is 0 Å². The highest BCUT2D eigenvalue weighted by Crippen LogP contribution is 1.86. The fourth-order valence-electron chi connectivity index (χ4n) is 1.30. The average molecular weight is 271 g/mol. The zero-order valence-electron chi connectivity index (χ0n) is 10.1. The Bertz CT molecular complexity index is 575. The van der Waals surface area contributed by atoms with E-state index in [1.165, 1.54) is 7.11 Å². The molecule has 104 valence electrons. The Morgan fingerprint density at radius 1 is 1.47 bits per heavy atom. The van der Waals surface area contributed by atoms with E-state index in [9.17, 15) is 19.2 Å². The molecular weight excluding hydrogens is 258 g/mol. The van der Waals surface area contributed by atoms with Crippen molar-refractivity contribution in [3.63, 3.8) is 0 Å². The molecule has 1 rings (SSSR count). The SMILES string of the molecule is COCC(NC(=O)Cn1[nH]c(=O)ccc1=O)C(=O)O. The fraction of sp³-hybridized carbons (Fsp3) is 0.400. The highest BCUT2D eigenvalue weighted by molar-refractivity contribution is 5.83. The predicted octanol–water partition coefficient (Wildman–Crippen LogP) is -2.25. The molecule has 9 heteroatoms. The molecule has 19 heavy (non-hydrogen) atoms. The number of hydrogen-bond donors (Lipinski definition) is 3. The van der Waals surface area contributed by atoms with Crippen molar-refractivity contribution in [2.45, 2.75) is 12.6 Å². The Kier molecular flexibility index (Phi) is 5.01. The topological polar surface area (TPSA) is 130 Å². The Balaban J connectivity index is 2.74. The van der Waals surface area contributed by atoms with Crippen molar-refractivity contribution in [2.75, 3.05) is 13.7 Å². The van der Waals surface area contributed by atoms with Gasteiger partial charge in [0.05, 0.1) is 6.61 Å². The van der Waals surface area contributed by atoms with Crippen LogP contribution in [0.4, 0.5) is 0 Å². The van der Waals surface area contributed by atoms with Gasteiger partial charge < -0.3 is 15.2 Å². The molecule has 1 unspecified atom stereocenters. The molecule has 1 aromatic heterocycles. The van der Waals surface area contributed by atoms with Gasteiger partial charge in [0.25, 0.3) is 11.1 Å². The molecule has 0 aromatic carbocycles. The highest BCUT2D eigenvalue weighted by atomic mass is 16.5. The fourth-order valence-corrected chi connectivity index (χ4v) is 1.30. The van der Waals surface area contributed by atoms with E-state index in [4.69, 9.17) is 5.11 Å². The number of nitrogens with zero attached hydrogens (tertiary/aromatic N) is 1. The van der Waals surface area contributed by atoms with E-state index in [1.807, 2.05) is 0 Å². The van der Waals surface area contributed by atoms with Crippen LogP contribution in [0.1, 0.15) is 0 Å². The molecule has 3 N–H and O–H groups in total. The second-order valence-corrected chi connectivity index (χ2v) is 3.65. The number of carbonyl (C=O) groups is 2. The number of amides is 1. The number of rotatable bonds is 6. The number of methoxy groups -OCH3 is 1. The van der Waals surface area contributed by atoms with Crippen LogP contribution in [0.25, 0.3) is 0 Å². The zero-order valence-corrected chi connectivity index (χ0v) is 10.1. The Morgan fingerprint density at radius 2 is 2.16 bits per heavy atom. The van der Waals surface area contributed by atoms with E-state index < -0.39 is 35.6 Å². The first kappa shape index (κ1) is 14.6. The summed E-state index contributed by atoms with van der Waals surface area (Å²) < 4.78 is 5.42. The van der Waals surface area contributed by atoms with Crippen molar-refractivity contribution in [2.24, 2.45) is 0 Å². The largest absolute Gasteiger partial charge is 0.480 e. The minimum absolute atomic E-state index is 0.207. The first-order chi connectivity index (χ1) is 8.93. The van der Waals surface area contributed by atoms with Gasteiger partial charge in [0.2, 0.25) is 5.91 Å². The first-order valence-corrected chi connectivity index (χ1v) is 5.25. The summed E-state index contributed by atoms with van der Waals surface area (Å²) >= 11 is 0. The van der Waals surface area contributed by atoms with Crippen LogP contribution >= 0.6 is 0 Å². The van der Waals surface area contributed by atoms with Crippen LogP contribution in [0.3, 0.4) is 0 Å². The monoisotopic (exact) mass is 271 g/mol. The molecule has 9 nitrogen and oxygen atoms in total. The molecule has 0 saturated heterocycles. The Hall–Kier alpha value is -2.42. The van der Waals surface area contributed by atoms with E-state index in [2.05, 4.69) is 15.2 Å². The van der Waals surface area contributed by atoms with Gasteiger partial charge in [-0.2, -0.15) is 0 Å². The maximum Gasteiger partial charge on any atom is 0.328 e. The van der Waals surface area contributed by atoms with Crippen LogP contribution in [0.5, 0.6) is 0 Å². The molecule has 1 aromatic rings. The maximum atomic E-state index is 11.6. The van der Waals surface area contributed by atoms with Gasteiger partial charge in [0.1, 0.15) is 6.54 Å². The van der Waals surface area contributed by atoms with Gasteiger partial charge in [-0.15, -0.1) is 0 Å². The van der Waals surface area contributed by atoms with E-state index >= 15 is 0 Å². The summed E-state index contributed by atoms with van der Waals surface area (Å²) in [6.45, 7) is -0.691. The number of H-pyrrole nitrogens is 1. The van der Waals surface area contributed by atoms with E-state index in [0.717, 1.165) is 16.8 Å². The number of aromatic amines is 1. The van der Waals surface area contributed by atoms with E-state index in [0.29, 0.717) is 0 Å². The third-order valence-corrected chi connectivity index (χ3v) is 2.16. The van der Waals surface area contributed by atoms with Crippen molar-refractivity contribution in [1.82, 2.24) is 15.1 Å². The summed E-state index contributed by atoms with van der Waals surface area (Å²) in [4.78, 5) is 44.7. The lowest BCUT2D eigenvalue weighted by Crippen LogP contribution is -2.46. The molecule has 1 atom stereocenters. The number of hydrogen-bond acceptors (Lipinski definition) is 5. The minimum Gasteiger partial charge on any atom is -0.480 e. The zero-order chi connectivity index (χ0) is 14.4. The second-order valence-electron chi connectivity index (χ2n) is 3.65. The number of nitrogens with one attached hydrogen (secondary N) is 2. The number of carboxylic acids is 1. The van der Waals surface area contributed by atoms with Crippen molar-refractivity contribution >= 4 is 11.9 Å². The van der Waals surface area contributed by atoms with Gasteiger partial charge in [0, 0.05) is 19.2 Å². The summed E-state index contributed by atoms with van der Waals surface area (Å²) in [6, 6.07) is 0.820. The second kappa shape index (κ2) is 6.50. The number of ether oxygens (including phenoxy) is 1. The number of aromatic nitrogens is 2. The Morgan fingerprint density at radius 3 is 2.74 bits per heavy atom. The predicted molar refractivity (Wildman–Crippen MR) is 62.8 cm³/mol. The number of carbonyl (C=O) groups excluding carboxylic acids is 1. The molecular formula is C10H13N3O6. The summed E-state index contributed by atoms with van der Waals surface area (Å²) in [5.41, 5.74) is -1.12. The summed E-state index contributed by atoms with van der Waals surface area (Å²) in [5, 5.41) is 13.1. The molecule has 0 radical (unpaired) electrons. The van der Waals surface area contributed by atoms with Crippen LogP contribution in [-0.2, 0) is 20.9 Å². The van der Waals surface area contributed by atoms with Gasteiger partial charge in [-0.25, -0.2) is 9.48 Å². The summed E-state index contributed by atoms with van der Waals surface area (Å²) in [5.74, 6) is -1.99. The summed E-state index contributed by atoms with van der Waals surface area (Å²) in [6.07, 6.45) is 0.